The second-order valence-electron chi connectivity index (χ2n) is 5.76. The van der Waals surface area contributed by atoms with Crippen molar-refractivity contribution >= 4 is 77.3 Å². The van der Waals surface area contributed by atoms with E-state index in [2.05, 4.69) is 37.2 Å². The van der Waals surface area contributed by atoms with E-state index >= 15 is 0 Å². The molecular weight excluding hydrogens is 512 g/mol. The molecule has 134 valence electrons. The molecular formula is C20H11Br2ClN2OS. The van der Waals surface area contributed by atoms with Crippen LogP contribution in [0.15, 0.2) is 69.6 Å². The Hall–Kier alpha value is -1.73. The van der Waals surface area contributed by atoms with Crippen LogP contribution in [-0.2, 0) is 0 Å². The fourth-order valence-corrected chi connectivity index (χ4v) is 4.34. The largest absolute Gasteiger partial charge is 0.322 e. The molecule has 0 unspecified atom stereocenters. The highest BCUT2D eigenvalue weighted by Crippen LogP contribution is 2.33. The highest BCUT2D eigenvalue weighted by molar-refractivity contribution is 9.13. The van der Waals surface area contributed by atoms with E-state index in [-0.39, 0.29) is 5.91 Å². The Kier molecular flexibility index (Phi) is 5.32. The summed E-state index contributed by atoms with van der Waals surface area (Å²) in [5.41, 5.74) is 2.77. The van der Waals surface area contributed by atoms with Gasteiger partial charge in [0.15, 0.2) is 0 Å². The number of carbonyl (C=O) groups excluding carboxylic acids is 1. The quantitative estimate of drug-likeness (QED) is 0.305. The molecule has 2 aromatic heterocycles. The zero-order chi connectivity index (χ0) is 19.0. The summed E-state index contributed by atoms with van der Waals surface area (Å²) in [6.45, 7) is 0. The first-order valence-corrected chi connectivity index (χ1v) is 10.7. The maximum Gasteiger partial charge on any atom is 0.256 e. The van der Waals surface area contributed by atoms with Crippen LogP contribution < -0.4 is 5.32 Å². The number of para-hydroxylation sites is 1. The Balaban J connectivity index is 1.79. The van der Waals surface area contributed by atoms with Crippen molar-refractivity contribution in [1.82, 2.24) is 4.98 Å². The van der Waals surface area contributed by atoms with Gasteiger partial charge < -0.3 is 5.32 Å². The van der Waals surface area contributed by atoms with Crippen molar-refractivity contribution < 1.29 is 4.79 Å². The van der Waals surface area contributed by atoms with Crippen LogP contribution in [0.5, 0.6) is 0 Å². The topological polar surface area (TPSA) is 42.0 Å². The minimum absolute atomic E-state index is 0.188. The van der Waals surface area contributed by atoms with E-state index in [0.29, 0.717) is 15.6 Å². The number of anilines is 1. The number of amides is 1. The summed E-state index contributed by atoms with van der Waals surface area (Å²) in [7, 11) is 0. The maximum absolute atomic E-state index is 13.0. The average Bonchev–Trinajstić information content (AvgIpc) is 3.10. The zero-order valence-corrected chi connectivity index (χ0v) is 18.4. The standard InChI is InChI=1S/C20H11Br2ClN2OS/c21-14-6-5-11(9-15(14)22)24-20(26)13-10-17(18-7-8-19(23)27-18)25-16-4-2-1-3-12(13)16/h1-10H,(H,24,26). The number of hydrogen-bond donors (Lipinski definition) is 1. The smallest absolute Gasteiger partial charge is 0.256 e. The van der Waals surface area contributed by atoms with E-state index in [0.717, 1.165) is 30.4 Å². The average molecular weight is 523 g/mol. The molecule has 4 rings (SSSR count). The van der Waals surface area contributed by atoms with Crippen LogP contribution in [0.4, 0.5) is 5.69 Å². The number of nitrogens with one attached hydrogen (secondary N) is 1. The molecule has 7 heteroatoms. The molecule has 0 saturated heterocycles. The van der Waals surface area contributed by atoms with E-state index in [1.165, 1.54) is 11.3 Å². The molecule has 0 spiro atoms. The van der Waals surface area contributed by atoms with Gasteiger partial charge >= 0.3 is 0 Å². The first kappa shape index (κ1) is 18.6. The highest BCUT2D eigenvalue weighted by Gasteiger charge is 2.15. The first-order chi connectivity index (χ1) is 13.0. The molecule has 2 heterocycles. The van der Waals surface area contributed by atoms with Crippen LogP contribution in [0.1, 0.15) is 10.4 Å². The Morgan fingerprint density at radius 2 is 1.81 bits per heavy atom. The van der Waals surface area contributed by atoms with Crippen LogP contribution in [0, 0.1) is 0 Å². The second kappa shape index (κ2) is 7.72. The van der Waals surface area contributed by atoms with Crippen LogP contribution >= 0.6 is 54.8 Å². The molecule has 0 radical (unpaired) electrons. The Labute approximate surface area is 181 Å². The van der Waals surface area contributed by atoms with Gasteiger partial charge in [-0.2, -0.15) is 0 Å². The van der Waals surface area contributed by atoms with Gasteiger partial charge in [0.25, 0.3) is 5.91 Å². The number of hydrogen-bond acceptors (Lipinski definition) is 3. The van der Waals surface area contributed by atoms with Crippen molar-refractivity contribution in [1.29, 1.82) is 0 Å². The summed E-state index contributed by atoms with van der Waals surface area (Å²) >= 11 is 14.4. The molecule has 0 atom stereocenters. The number of thiophene rings is 1. The fraction of sp³-hybridized carbons (Fsp3) is 0. The lowest BCUT2D eigenvalue weighted by Gasteiger charge is -2.10. The van der Waals surface area contributed by atoms with Gasteiger partial charge in [-0.05, 0) is 74.3 Å². The molecule has 2 aromatic carbocycles. The summed E-state index contributed by atoms with van der Waals surface area (Å²) in [5.74, 6) is -0.188. The highest BCUT2D eigenvalue weighted by atomic mass is 79.9. The number of halogens is 3. The summed E-state index contributed by atoms with van der Waals surface area (Å²) in [4.78, 5) is 18.6. The normalized spacial score (nSPS) is 10.9. The third kappa shape index (κ3) is 3.94. The maximum atomic E-state index is 13.0. The minimum atomic E-state index is -0.188. The van der Waals surface area contributed by atoms with Gasteiger partial charge in [-0.25, -0.2) is 4.98 Å². The molecule has 0 bridgehead atoms. The molecule has 0 aliphatic rings. The van der Waals surface area contributed by atoms with Crippen molar-refractivity contribution in [2.24, 2.45) is 0 Å². The number of rotatable bonds is 3. The predicted octanol–water partition coefficient (Wildman–Crippen LogP) is 7.39. The van der Waals surface area contributed by atoms with Crippen molar-refractivity contribution in [3.8, 4) is 10.6 Å². The van der Waals surface area contributed by atoms with Crippen LogP contribution in [0.25, 0.3) is 21.5 Å². The Morgan fingerprint density at radius 1 is 1.00 bits per heavy atom. The molecule has 0 saturated carbocycles. The minimum Gasteiger partial charge on any atom is -0.322 e. The third-order valence-corrected chi connectivity index (χ3v) is 7.10. The lowest BCUT2D eigenvalue weighted by molar-refractivity contribution is 0.102. The summed E-state index contributed by atoms with van der Waals surface area (Å²) in [5, 5.41) is 3.77. The first-order valence-electron chi connectivity index (χ1n) is 7.93. The molecule has 27 heavy (non-hydrogen) atoms. The lowest BCUT2D eigenvalue weighted by Crippen LogP contribution is -2.13. The summed E-state index contributed by atoms with van der Waals surface area (Å²) in [6.07, 6.45) is 0. The molecule has 1 amide bonds. The summed E-state index contributed by atoms with van der Waals surface area (Å²) in [6, 6.07) is 18.8. The van der Waals surface area contributed by atoms with Crippen molar-refractivity contribution in [2.75, 3.05) is 5.32 Å². The third-order valence-electron chi connectivity index (χ3n) is 3.96. The fourth-order valence-electron chi connectivity index (χ4n) is 2.71. The number of benzene rings is 2. The molecule has 0 aliphatic heterocycles. The lowest BCUT2D eigenvalue weighted by atomic mass is 10.1. The number of pyridine rings is 1. The molecule has 3 nitrogen and oxygen atoms in total. The van der Waals surface area contributed by atoms with Gasteiger partial charge in [0, 0.05) is 20.0 Å². The molecule has 0 fully saturated rings. The molecule has 0 aliphatic carbocycles. The van der Waals surface area contributed by atoms with Crippen LogP contribution in [-0.4, -0.2) is 10.9 Å². The number of fused-ring (bicyclic) bond motifs is 1. The van der Waals surface area contributed by atoms with Gasteiger partial charge in [-0.15, -0.1) is 11.3 Å². The SMILES string of the molecule is O=C(Nc1ccc(Br)c(Br)c1)c1cc(-c2ccc(Cl)s2)nc2ccccc12. The van der Waals surface area contributed by atoms with E-state index < -0.39 is 0 Å². The van der Waals surface area contributed by atoms with Gasteiger partial charge in [-0.1, -0.05) is 29.8 Å². The van der Waals surface area contributed by atoms with Crippen molar-refractivity contribution in [3.63, 3.8) is 0 Å². The van der Waals surface area contributed by atoms with Crippen molar-refractivity contribution in [3.05, 3.63) is 79.5 Å². The summed E-state index contributed by atoms with van der Waals surface area (Å²) < 4.78 is 2.48. The zero-order valence-electron chi connectivity index (χ0n) is 13.7. The van der Waals surface area contributed by atoms with Gasteiger partial charge in [-0.3, -0.25) is 4.79 Å². The number of nitrogens with zero attached hydrogens (tertiary/aromatic N) is 1. The Bertz CT molecular complexity index is 1180. The van der Waals surface area contributed by atoms with Crippen molar-refractivity contribution in [2.45, 2.75) is 0 Å². The second-order valence-corrected chi connectivity index (χ2v) is 9.18. The predicted molar refractivity (Wildman–Crippen MR) is 120 cm³/mol. The monoisotopic (exact) mass is 520 g/mol. The number of carbonyl (C=O) groups is 1. The number of aromatic nitrogens is 1. The molecule has 1 N–H and O–H groups in total. The molecule has 4 aromatic rings. The van der Waals surface area contributed by atoms with Crippen LogP contribution in [0.3, 0.4) is 0 Å². The van der Waals surface area contributed by atoms with Gasteiger partial charge in [0.05, 0.1) is 26.0 Å². The van der Waals surface area contributed by atoms with Crippen LogP contribution in [0.2, 0.25) is 4.34 Å². The van der Waals surface area contributed by atoms with E-state index in [4.69, 9.17) is 16.6 Å². The van der Waals surface area contributed by atoms with E-state index in [1.807, 2.05) is 60.7 Å². The van der Waals surface area contributed by atoms with E-state index in [1.54, 1.807) is 0 Å². The van der Waals surface area contributed by atoms with Gasteiger partial charge in [0.2, 0.25) is 0 Å². The van der Waals surface area contributed by atoms with Gasteiger partial charge in [0.1, 0.15) is 0 Å². The Morgan fingerprint density at radius 3 is 2.56 bits per heavy atom. The van der Waals surface area contributed by atoms with E-state index in [9.17, 15) is 4.79 Å².